The number of halogens is 17. The van der Waals surface area contributed by atoms with E-state index in [-0.39, 0.29) is 0 Å². The van der Waals surface area contributed by atoms with E-state index in [0.29, 0.717) is 11.6 Å². The van der Waals surface area contributed by atoms with Gasteiger partial charge in [-0.15, -0.1) is 0 Å². The summed E-state index contributed by atoms with van der Waals surface area (Å²) in [5, 5.41) is -7.50. The molecule has 0 radical (unpaired) electrons. The third-order valence-electron chi connectivity index (χ3n) is 3.37. The first-order chi connectivity index (χ1) is 13.1. The third kappa shape index (κ3) is 3.67. The maximum absolute atomic E-state index is 13.4. The quantitative estimate of drug-likeness (QED) is 0.435. The van der Waals surface area contributed by atoms with Crippen LogP contribution in [-0.4, -0.2) is 61.9 Å². The Hall–Kier alpha value is -1.28. The lowest BCUT2D eigenvalue weighted by Gasteiger charge is -2.42. The van der Waals surface area contributed by atoms with Gasteiger partial charge in [0.1, 0.15) is 0 Å². The second kappa shape index (κ2) is 7.37. The van der Waals surface area contributed by atoms with E-state index >= 15 is 0 Å². The van der Waals surface area contributed by atoms with Gasteiger partial charge in [-0.3, -0.25) is 0 Å². The predicted molar refractivity (Wildman–Crippen MR) is 63.3 cm³/mol. The lowest BCUT2D eigenvalue weighted by molar-refractivity contribution is -0.458. The minimum absolute atomic E-state index is 0.365. The first-order valence-corrected chi connectivity index (χ1v) is 8.25. The molecule has 31 heavy (non-hydrogen) atoms. The zero-order valence-electron chi connectivity index (χ0n) is 13.9. The molecule has 188 valence electrons. The Balaban J connectivity index is 6.91. The van der Waals surface area contributed by atoms with Crippen molar-refractivity contribution in [3.8, 4) is 0 Å². The van der Waals surface area contributed by atoms with Crippen LogP contribution in [0.5, 0.6) is 0 Å². The lowest BCUT2D eigenvalue weighted by Crippen LogP contribution is -2.75. The molecule has 0 fully saturated rings. The SMILES string of the molecule is CCNS(=O)(=O)C(F)(F)C(F)(F)C(F)(F)C(F)(F)C(F)(F)C(F)(F)C(F)(F)C(F)(F)F. The highest BCUT2D eigenvalue weighted by molar-refractivity contribution is 7.90. The number of hydrogen-bond donors (Lipinski definition) is 1. The van der Waals surface area contributed by atoms with Crippen molar-refractivity contribution in [2.45, 2.75) is 53.9 Å². The first kappa shape index (κ1) is 29.7. The van der Waals surface area contributed by atoms with Gasteiger partial charge in [0.15, 0.2) is 0 Å². The van der Waals surface area contributed by atoms with Crippen LogP contribution in [0.1, 0.15) is 6.92 Å². The highest BCUT2D eigenvalue weighted by atomic mass is 32.2. The third-order valence-corrected chi connectivity index (χ3v) is 4.97. The average molecular weight is 527 g/mol. The second-order valence-corrected chi connectivity index (χ2v) is 7.27. The van der Waals surface area contributed by atoms with Crippen LogP contribution < -0.4 is 4.72 Å². The molecule has 0 unspecified atom stereocenters. The summed E-state index contributed by atoms with van der Waals surface area (Å²) < 4.78 is 242. The number of sulfonamides is 1. The fourth-order valence-corrected chi connectivity index (χ4v) is 2.63. The average Bonchev–Trinajstić information content (AvgIpc) is 2.52. The van der Waals surface area contributed by atoms with Crippen molar-refractivity contribution in [2.75, 3.05) is 6.54 Å². The standard InChI is InChI=1S/C10H6F17NO2S/c1-2-28-31(29,30)10(26,27)8(21,22)6(17,18)4(13,14)3(11,12)5(15,16)7(19,20)9(23,24)25/h28H,2H2,1H3. The summed E-state index contributed by atoms with van der Waals surface area (Å²) >= 11 is 0. The maximum atomic E-state index is 13.4. The Labute approximate surface area is 159 Å². The van der Waals surface area contributed by atoms with Crippen LogP contribution in [0, 0.1) is 0 Å². The molecular weight excluding hydrogens is 521 g/mol. The summed E-state index contributed by atoms with van der Waals surface area (Å²) in [6.45, 7) is -0.811. The van der Waals surface area contributed by atoms with Crippen molar-refractivity contribution in [2.24, 2.45) is 0 Å². The maximum Gasteiger partial charge on any atom is 0.460 e. The first-order valence-electron chi connectivity index (χ1n) is 6.76. The van der Waals surface area contributed by atoms with Gasteiger partial charge in [-0.25, -0.2) is 13.1 Å². The van der Waals surface area contributed by atoms with Gasteiger partial charge in [0, 0.05) is 6.54 Å². The predicted octanol–water partition coefficient (Wildman–Crippen LogP) is 4.89. The van der Waals surface area contributed by atoms with Crippen molar-refractivity contribution in [1.82, 2.24) is 4.72 Å². The van der Waals surface area contributed by atoms with E-state index in [1.165, 1.54) is 0 Å². The smallest absolute Gasteiger partial charge is 0.210 e. The summed E-state index contributed by atoms with van der Waals surface area (Å²) in [6.07, 6.45) is -7.86. The van der Waals surface area contributed by atoms with E-state index in [0.717, 1.165) is 0 Å². The number of nitrogens with one attached hydrogen (secondary N) is 1. The van der Waals surface area contributed by atoms with E-state index in [9.17, 15) is 83.1 Å². The van der Waals surface area contributed by atoms with Crippen LogP contribution >= 0.6 is 0 Å². The highest BCUT2D eigenvalue weighted by Crippen LogP contribution is 2.64. The molecule has 0 aliphatic rings. The van der Waals surface area contributed by atoms with Crippen LogP contribution in [0.2, 0.25) is 0 Å². The van der Waals surface area contributed by atoms with Crippen LogP contribution in [0.3, 0.4) is 0 Å². The summed E-state index contributed by atoms with van der Waals surface area (Å²) in [6, 6.07) is 0. The molecule has 0 heterocycles. The Morgan fingerprint density at radius 3 is 1.03 bits per heavy atom. The van der Waals surface area contributed by atoms with Gasteiger partial charge in [0.25, 0.3) is 10.0 Å². The second-order valence-electron chi connectivity index (χ2n) is 5.46. The van der Waals surface area contributed by atoms with Gasteiger partial charge in [0.2, 0.25) is 0 Å². The fraction of sp³-hybridized carbons (Fsp3) is 1.00. The largest absolute Gasteiger partial charge is 0.460 e. The van der Waals surface area contributed by atoms with Crippen LogP contribution in [0.15, 0.2) is 0 Å². The van der Waals surface area contributed by atoms with Gasteiger partial charge in [0.05, 0.1) is 0 Å². The molecule has 0 aromatic rings. The van der Waals surface area contributed by atoms with Gasteiger partial charge < -0.3 is 0 Å². The molecule has 3 nitrogen and oxygen atoms in total. The summed E-state index contributed by atoms with van der Waals surface area (Å²) in [4.78, 5) is 0. The van der Waals surface area contributed by atoms with E-state index in [1.54, 1.807) is 0 Å². The molecular formula is C10H6F17NO2S. The molecule has 0 aromatic heterocycles. The molecule has 0 saturated heterocycles. The summed E-state index contributed by atoms with van der Waals surface area (Å²) in [7, 11) is -7.15. The van der Waals surface area contributed by atoms with E-state index in [1.807, 2.05) is 0 Å². The minimum atomic E-state index is -8.81. The molecule has 1 N–H and O–H groups in total. The zero-order valence-corrected chi connectivity index (χ0v) is 14.7. The minimum Gasteiger partial charge on any atom is -0.210 e. The number of alkyl halides is 17. The van der Waals surface area contributed by atoms with Crippen LogP contribution in [0.25, 0.3) is 0 Å². The molecule has 0 bridgehead atoms. The lowest BCUT2D eigenvalue weighted by atomic mass is 9.91. The Morgan fingerprint density at radius 2 is 0.774 bits per heavy atom. The highest BCUT2D eigenvalue weighted by Gasteiger charge is 2.96. The summed E-state index contributed by atoms with van der Waals surface area (Å²) in [5.74, 6) is -51.4. The van der Waals surface area contributed by atoms with E-state index in [4.69, 9.17) is 0 Å². The Bertz CT molecular complexity index is 768. The van der Waals surface area contributed by atoms with Crippen molar-refractivity contribution in [3.05, 3.63) is 0 Å². The molecule has 21 heteroatoms. The van der Waals surface area contributed by atoms with Crippen LogP contribution in [-0.2, 0) is 10.0 Å². The van der Waals surface area contributed by atoms with Crippen LogP contribution in [0.4, 0.5) is 74.6 Å². The zero-order chi connectivity index (χ0) is 25.9. The normalized spacial score (nSPS) is 16.6. The number of hydrogen-bond acceptors (Lipinski definition) is 2. The molecule has 0 amide bonds. The van der Waals surface area contributed by atoms with Crippen molar-refractivity contribution >= 4 is 10.0 Å². The topological polar surface area (TPSA) is 46.2 Å². The molecule has 0 spiro atoms. The molecule has 0 aromatic carbocycles. The fourth-order valence-electron chi connectivity index (χ4n) is 1.60. The van der Waals surface area contributed by atoms with E-state index in [2.05, 4.69) is 0 Å². The van der Waals surface area contributed by atoms with Gasteiger partial charge in [-0.1, -0.05) is 6.92 Å². The van der Waals surface area contributed by atoms with Gasteiger partial charge in [-0.2, -0.15) is 74.6 Å². The van der Waals surface area contributed by atoms with Gasteiger partial charge >= 0.3 is 47.0 Å². The molecule has 0 atom stereocenters. The molecule has 0 saturated carbocycles. The number of rotatable bonds is 9. The Kier molecular flexibility index (Phi) is 7.07. The molecule has 0 aliphatic heterocycles. The molecule has 0 aliphatic carbocycles. The van der Waals surface area contributed by atoms with Crippen molar-refractivity contribution in [3.63, 3.8) is 0 Å². The van der Waals surface area contributed by atoms with Crippen molar-refractivity contribution in [1.29, 1.82) is 0 Å². The van der Waals surface area contributed by atoms with Crippen molar-refractivity contribution < 1.29 is 83.1 Å². The molecule has 0 rings (SSSR count). The summed E-state index contributed by atoms with van der Waals surface area (Å²) in [5.41, 5.74) is 0. The van der Waals surface area contributed by atoms with E-state index < -0.39 is 63.5 Å². The van der Waals surface area contributed by atoms with Gasteiger partial charge in [-0.05, 0) is 0 Å². The monoisotopic (exact) mass is 527 g/mol. The Morgan fingerprint density at radius 1 is 0.516 bits per heavy atom.